The van der Waals surface area contributed by atoms with Crippen LogP contribution in [0.25, 0.3) is 10.8 Å². The number of rotatable bonds is 2. The molecule has 2 aromatic rings. The maximum atomic E-state index is 11.4. The third kappa shape index (κ3) is 1.71. The van der Waals surface area contributed by atoms with Gasteiger partial charge in [-0.1, -0.05) is 24.3 Å². The number of nitrogens with zero attached hydrogens (tertiary/aromatic N) is 1. The second kappa shape index (κ2) is 4.21. The number of carbonyl (C=O) groups excluding carboxylic acids is 1. The molecule has 2 aromatic carbocycles. The summed E-state index contributed by atoms with van der Waals surface area (Å²) in [5.41, 5.74) is -0.218. The number of nitroso groups, excluding NO2 is 1. The molecule has 5 nitrogen and oxygen atoms in total. The van der Waals surface area contributed by atoms with Crippen LogP contribution in [0.3, 0.4) is 0 Å². The zero-order valence-electron chi connectivity index (χ0n) is 9.01. The van der Waals surface area contributed by atoms with Gasteiger partial charge in [0.2, 0.25) is 0 Å². The number of hydrogen-bond donors (Lipinski definition) is 1. The average molecular weight is 231 g/mol. The molecular formula is C12H9NO4. The Morgan fingerprint density at radius 1 is 1.35 bits per heavy atom. The normalized spacial score (nSPS) is 10.2. The first-order valence-electron chi connectivity index (χ1n) is 4.85. The number of benzene rings is 2. The lowest BCUT2D eigenvalue weighted by atomic mass is 10.0. The Hall–Kier alpha value is -2.43. The number of fused-ring (bicyclic) bond motifs is 1. The zero-order chi connectivity index (χ0) is 12.4. The Labute approximate surface area is 96.6 Å². The molecule has 0 amide bonds. The van der Waals surface area contributed by atoms with Crippen molar-refractivity contribution in [2.24, 2.45) is 5.18 Å². The van der Waals surface area contributed by atoms with Gasteiger partial charge in [0.05, 0.1) is 7.11 Å². The Bertz CT molecular complexity index is 607. The average Bonchev–Trinajstić information content (AvgIpc) is 2.37. The number of esters is 1. The van der Waals surface area contributed by atoms with Gasteiger partial charge in [0.1, 0.15) is 5.56 Å². The second-order valence-electron chi connectivity index (χ2n) is 3.43. The van der Waals surface area contributed by atoms with E-state index in [1.165, 1.54) is 13.2 Å². The monoisotopic (exact) mass is 231 g/mol. The molecule has 0 atom stereocenters. The van der Waals surface area contributed by atoms with E-state index in [-0.39, 0.29) is 11.3 Å². The Morgan fingerprint density at radius 3 is 2.71 bits per heavy atom. The standard InChI is InChI=1S/C12H9NO4/c1-17-12(15)9-6-7-4-2-3-5-8(7)10(13-16)11(9)14/h2-6,14H,1H3. The van der Waals surface area contributed by atoms with Gasteiger partial charge in [-0.25, -0.2) is 4.79 Å². The van der Waals surface area contributed by atoms with Gasteiger partial charge in [-0.2, -0.15) is 0 Å². The fourth-order valence-corrected chi connectivity index (χ4v) is 1.68. The smallest absolute Gasteiger partial charge is 0.341 e. The molecule has 0 unspecified atom stereocenters. The van der Waals surface area contributed by atoms with E-state index in [2.05, 4.69) is 9.91 Å². The lowest BCUT2D eigenvalue weighted by Gasteiger charge is -2.07. The van der Waals surface area contributed by atoms with Crippen molar-refractivity contribution in [1.29, 1.82) is 0 Å². The van der Waals surface area contributed by atoms with Crippen molar-refractivity contribution in [3.8, 4) is 5.75 Å². The summed E-state index contributed by atoms with van der Waals surface area (Å²) in [6.07, 6.45) is 0. The van der Waals surface area contributed by atoms with E-state index in [1.54, 1.807) is 24.3 Å². The molecule has 0 saturated carbocycles. The molecule has 0 aliphatic rings. The van der Waals surface area contributed by atoms with Crippen LogP contribution >= 0.6 is 0 Å². The molecule has 2 rings (SSSR count). The van der Waals surface area contributed by atoms with Crippen LogP contribution in [0.1, 0.15) is 10.4 Å². The fourth-order valence-electron chi connectivity index (χ4n) is 1.68. The molecule has 86 valence electrons. The third-order valence-corrected chi connectivity index (χ3v) is 2.49. The van der Waals surface area contributed by atoms with Crippen molar-refractivity contribution in [2.75, 3.05) is 7.11 Å². The van der Waals surface area contributed by atoms with Crippen LogP contribution in [-0.2, 0) is 4.74 Å². The number of methoxy groups -OCH3 is 1. The van der Waals surface area contributed by atoms with Crippen LogP contribution in [0.5, 0.6) is 5.75 Å². The first kappa shape index (κ1) is 11.1. The van der Waals surface area contributed by atoms with Crippen molar-refractivity contribution in [3.63, 3.8) is 0 Å². The molecule has 0 bridgehead atoms. The van der Waals surface area contributed by atoms with Crippen LogP contribution in [0.2, 0.25) is 0 Å². The maximum absolute atomic E-state index is 11.4. The summed E-state index contributed by atoms with van der Waals surface area (Å²) in [6, 6.07) is 8.30. The van der Waals surface area contributed by atoms with E-state index in [9.17, 15) is 14.8 Å². The van der Waals surface area contributed by atoms with Gasteiger partial charge in [-0.15, -0.1) is 4.91 Å². The number of ether oxygens (including phenoxy) is 1. The lowest BCUT2D eigenvalue weighted by molar-refractivity contribution is 0.0598. The molecule has 0 heterocycles. The third-order valence-electron chi connectivity index (χ3n) is 2.49. The summed E-state index contributed by atoms with van der Waals surface area (Å²) in [6.45, 7) is 0. The van der Waals surface area contributed by atoms with Crippen molar-refractivity contribution in [3.05, 3.63) is 40.8 Å². The Balaban J connectivity index is 2.84. The molecule has 5 heteroatoms. The molecule has 1 N–H and O–H groups in total. The van der Waals surface area contributed by atoms with E-state index in [1.807, 2.05) is 0 Å². The molecule has 0 radical (unpaired) electrons. The molecule has 0 aromatic heterocycles. The minimum atomic E-state index is -0.710. The Kier molecular flexibility index (Phi) is 2.74. The van der Waals surface area contributed by atoms with Crippen LogP contribution in [0.15, 0.2) is 35.5 Å². The molecular weight excluding hydrogens is 222 g/mol. The van der Waals surface area contributed by atoms with Gasteiger partial charge >= 0.3 is 5.97 Å². The van der Waals surface area contributed by atoms with E-state index in [0.717, 1.165) is 0 Å². The van der Waals surface area contributed by atoms with Gasteiger partial charge in [-0.3, -0.25) is 0 Å². The summed E-state index contributed by atoms with van der Waals surface area (Å²) in [4.78, 5) is 22.2. The largest absolute Gasteiger partial charge is 0.505 e. The van der Waals surface area contributed by atoms with Crippen molar-refractivity contribution >= 4 is 22.4 Å². The highest BCUT2D eigenvalue weighted by atomic mass is 16.5. The molecule has 0 aliphatic carbocycles. The number of aromatic hydroxyl groups is 1. The van der Waals surface area contributed by atoms with Gasteiger partial charge < -0.3 is 9.84 Å². The van der Waals surface area contributed by atoms with Crippen molar-refractivity contribution < 1.29 is 14.6 Å². The lowest BCUT2D eigenvalue weighted by Crippen LogP contribution is -2.01. The van der Waals surface area contributed by atoms with E-state index >= 15 is 0 Å². The Morgan fingerprint density at radius 2 is 2.06 bits per heavy atom. The minimum absolute atomic E-state index is 0.0687. The number of phenolic OH excluding ortho intramolecular Hbond substituents is 1. The van der Waals surface area contributed by atoms with E-state index < -0.39 is 11.7 Å². The summed E-state index contributed by atoms with van der Waals surface area (Å²) in [7, 11) is 1.20. The molecule has 0 aliphatic heterocycles. The fraction of sp³-hybridized carbons (Fsp3) is 0.0833. The van der Waals surface area contributed by atoms with Gasteiger partial charge in [0.25, 0.3) is 0 Å². The molecule has 17 heavy (non-hydrogen) atoms. The summed E-state index contributed by atoms with van der Waals surface area (Å²) in [5.74, 6) is -1.16. The van der Waals surface area contributed by atoms with Gasteiger partial charge in [0.15, 0.2) is 11.4 Å². The minimum Gasteiger partial charge on any atom is -0.505 e. The molecule has 0 spiro atoms. The van der Waals surface area contributed by atoms with Crippen LogP contribution in [0.4, 0.5) is 5.69 Å². The number of carbonyl (C=O) groups is 1. The highest BCUT2D eigenvalue weighted by molar-refractivity contribution is 6.04. The molecule has 0 saturated heterocycles. The predicted molar refractivity (Wildman–Crippen MR) is 62.4 cm³/mol. The maximum Gasteiger partial charge on any atom is 0.341 e. The zero-order valence-corrected chi connectivity index (χ0v) is 9.01. The summed E-state index contributed by atoms with van der Waals surface area (Å²) < 4.78 is 4.52. The summed E-state index contributed by atoms with van der Waals surface area (Å²) >= 11 is 0. The van der Waals surface area contributed by atoms with E-state index in [0.29, 0.717) is 10.8 Å². The van der Waals surface area contributed by atoms with Gasteiger partial charge in [0, 0.05) is 5.39 Å². The highest BCUT2D eigenvalue weighted by Gasteiger charge is 2.18. The van der Waals surface area contributed by atoms with Crippen LogP contribution in [-0.4, -0.2) is 18.2 Å². The van der Waals surface area contributed by atoms with Crippen molar-refractivity contribution in [2.45, 2.75) is 0 Å². The predicted octanol–water partition coefficient (Wildman–Crippen LogP) is 2.73. The number of hydrogen-bond acceptors (Lipinski definition) is 5. The summed E-state index contributed by atoms with van der Waals surface area (Å²) in [5, 5.41) is 13.7. The molecule has 0 fully saturated rings. The van der Waals surface area contributed by atoms with Gasteiger partial charge in [-0.05, 0) is 16.6 Å². The van der Waals surface area contributed by atoms with Crippen LogP contribution < -0.4 is 0 Å². The quantitative estimate of drug-likeness (QED) is 0.636. The van der Waals surface area contributed by atoms with Crippen molar-refractivity contribution in [1.82, 2.24) is 0 Å². The second-order valence-corrected chi connectivity index (χ2v) is 3.43. The topological polar surface area (TPSA) is 76.0 Å². The first-order valence-corrected chi connectivity index (χ1v) is 4.85. The SMILES string of the molecule is COC(=O)c1cc2ccccc2c(N=O)c1O. The highest BCUT2D eigenvalue weighted by Crippen LogP contribution is 2.38. The first-order chi connectivity index (χ1) is 8.19. The van der Waals surface area contributed by atoms with E-state index in [4.69, 9.17) is 0 Å². The van der Waals surface area contributed by atoms with Crippen LogP contribution in [0, 0.1) is 4.91 Å². The number of phenols is 1.